The second kappa shape index (κ2) is 7.59. The molecule has 3 rings (SSSR count). The Labute approximate surface area is 153 Å². The van der Waals surface area contributed by atoms with E-state index in [4.69, 9.17) is 0 Å². The molecule has 24 heavy (non-hydrogen) atoms. The van der Waals surface area contributed by atoms with Crippen LogP contribution in [0, 0.1) is 0 Å². The van der Waals surface area contributed by atoms with E-state index in [-0.39, 0.29) is 0 Å². The van der Waals surface area contributed by atoms with Crippen molar-refractivity contribution in [2.45, 2.75) is 6.92 Å². The van der Waals surface area contributed by atoms with Gasteiger partial charge in [-0.1, -0.05) is 46.3 Å². The van der Waals surface area contributed by atoms with E-state index in [1.165, 1.54) is 0 Å². The van der Waals surface area contributed by atoms with Crippen molar-refractivity contribution in [1.29, 1.82) is 0 Å². The number of aromatic nitrogens is 2. The number of nitrogens with zero attached hydrogens (tertiary/aromatic N) is 3. The molecule has 1 aromatic carbocycles. The van der Waals surface area contributed by atoms with Crippen LogP contribution in [0.15, 0.2) is 74.7 Å². The Balaban J connectivity index is 2.11. The minimum absolute atomic E-state index is 0.591. The fourth-order valence-electron chi connectivity index (χ4n) is 2.12. The number of thiazole rings is 1. The molecule has 0 aliphatic carbocycles. The Hall–Kier alpha value is -2.18. The van der Waals surface area contributed by atoms with Crippen LogP contribution in [-0.4, -0.2) is 22.4 Å². The first kappa shape index (κ1) is 16.7. The fourth-order valence-corrected chi connectivity index (χ4v) is 3.44. The minimum atomic E-state index is 0.591. The largest absolute Gasteiger partial charge is 0.360 e. The lowest BCUT2D eigenvalue weighted by Crippen LogP contribution is -2.13. The van der Waals surface area contributed by atoms with Crippen molar-refractivity contribution < 1.29 is 0 Å². The molecule has 6 heteroatoms. The van der Waals surface area contributed by atoms with E-state index >= 15 is 0 Å². The standard InChI is InChI=1S/C18H17BrN4S/c1-13(2)10-21-18-23(22-11-14-6-5-9-20-14)17(12-24-18)15-7-3-4-8-16(15)19/h3-9,11-12,20H,1,10H2,2H3. The van der Waals surface area contributed by atoms with Crippen molar-refractivity contribution in [3.05, 3.63) is 75.1 Å². The molecule has 0 unspecified atom stereocenters. The van der Waals surface area contributed by atoms with Crippen molar-refractivity contribution in [3.63, 3.8) is 0 Å². The third-order valence-electron chi connectivity index (χ3n) is 3.25. The highest BCUT2D eigenvalue weighted by Gasteiger charge is 2.10. The predicted molar refractivity (Wildman–Crippen MR) is 104 cm³/mol. The van der Waals surface area contributed by atoms with E-state index in [1.54, 1.807) is 17.6 Å². The molecule has 0 fully saturated rings. The maximum Gasteiger partial charge on any atom is 0.206 e. The third-order valence-corrected chi connectivity index (χ3v) is 4.80. The third kappa shape index (κ3) is 3.83. The summed E-state index contributed by atoms with van der Waals surface area (Å²) in [5.41, 5.74) is 4.04. The zero-order valence-electron chi connectivity index (χ0n) is 13.2. The molecule has 3 aromatic rings. The highest BCUT2D eigenvalue weighted by Crippen LogP contribution is 2.28. The number of H-pyrrole nitrogens is 1. The van der Waals surface area contributed by atoms with Gasteiger partial charge in [-0.25, -0.2) is 4.68 Å². The van der Waals surface area contributed by atoms with E-state index in [1.807, 2.05) is 48.1 Å². The number of hydrogen-bond donors (Lipinski definition) is 1. The summed E-state index contributed by atoms with van der Waals surface area (Å²) in [7, 11) is 0. The summed E-state index contributed by atoms with van der Waals surface area (Å²) in [5.74, 6) is 0. The van der Waals surface area contributed by atoms with Gasteiger partial charge in [0, 0.05) is 21.6 Å². The van der Waals surface area contributed by atoms with Gasteiger partial charge in [0.2, 0.25) is 4.80 Å². The van der Waals surface area contributed by atoms with Gasteiger partial charge in [-0.15, -0.1) is 11.3 Å². The Morgan fingerprint density at radius 2 is 2.17 bits per heavy atom. The second-order valence-electron chi connectivity index (χ2n) is 5.34. The van der Waals surface area contributed by atoms with Gasteiger partial charge < -0.3 is 4.98 Å². The van der Waals surface area contributed by atoms with Crippen LogP contribution in [0.1, 0.15) is 12.6 Å². The lowest BCUT2D eigenvalue weighted by Gasteiger charge is -2.05. The average molecular weight is 401 g/mol. The first-order chi connectivity index (χ1) is 11.6. The van der Waals surface area contributed by atoms with Crippen molar-refractivity contribution in [1.82, 2.24) is 9.66 Å². The molecule has 0 amide bonds. The van der Waals surface area contributed by atoms with Gasteiger partial charge in [0.15, 0.2) is 0 Å². The normalized spacial score (nSPS) is 12.2. The highest BCUT2D eigenvalue weighted by atomic mass is 79.9. The molecular formula is C18H17BrN4S. The molecule has 0 radical (unpaired) electrons. The summed E-state index contributed by atoms with van der Waals surface area (Å²) in [6, 6.07) is 12.0. The van der Waals surface area contributed by atoms with Crippen LogP contribution in [-0.2, 0) is 0 Å². The van der Waals surface area contributed by atoms with Gasteiger partial charge >= 0.3 is 0 Å². The minimum Gasteiger partial charge on any atom is -0.360 e. The summed E-state index contributed by atoms with van der Waals surface area (Å²) < 4.78 is 2.90. The van der Waals surface area contributed by atoms with Crippen LogP contribution >= 0.6 is 27.3 Å². The van der Waals surface area contributed by atoms with Crippen molar-refractivity contribution in [3.8, 4) is 11.3 Å². The Morgan fingerprint density at radius 1 is 1.33 bits per heavy atom. The van der Waals surface area contributed by atoms with Crippen molar-refractivity contribution in [2.75, 3.05) is 6.54 Å². The Bertz CT molecular complexity index is 932. The smallest absolute Gasteiger partial charge is 0.206 e. The van der Waals surface area contributed by atoms with Gasteiger partial charge in [-0.2, -0.15) is 5.10 Å². The number of hydrogen-bond acceptors (Lipinski definition) is 3. The molecule has 0 saturated carbocycles. The molecule has 0 atom stereocenters. The summed E-state index contributed by atoms with van der Waals surface area (Å²) in [6.45, 7) is 6.48. The lowest BCUT2D eigenvalue weighted by atomic mass is 10.2. The molecular weight excluding hydrogens is 384 g/mol. The second-order valence-corrected chi connectivity index (χ2v) is 7.03. The van der Waals surface area contributed by atoms with Crippen LogP contribution in [0.25, 0.3) is 11.3 Å². The van der Waals surface area contributed by atoms with Crippen LogP contribution in [0.5, 0.6) is 0 Å². The van der Waals surface area contributed by atoms with Crippen molar-refractivity contribution >= 4 is 33.5 Å². The lowest BCUT2D eigenvalue weighted by molar-refractivity contribution is 0.835. The molecule has 0 saturated heterocycles. The summed E-state index contributed by atoms with van der Waals surface area (Å²) in [6.07, 6.45) is 3.67. The Kier molecular flexibility index (Phi) is 5.27. The van der Waals surface area contributed by atoms with Crippen molar-refractivity contribution in [2.24, 2.45) is 10.1 Å². The first-order valence-corrected chi connectivity index (χ1v) is 9.10. The van der Waals surface area contributed by atoms with Crippen LogP contribution < -0.4 is 4.80 Å². The molecule has 4 nitrogen and oxygen atoms in total. The molecule has 0 aliphatic heterocycles. The SMILES string of the molecule is C=C(C)CN=c1scc(-c2ccccc2Br)n1N=Cc1ccc[nH]1. The topological polar surface area (TPSA) is 45.4 Å². The Morgan fingerprint density at radius 3 is 2.88 bits per heavy atom. The number of nitrogens with one attached hydrogen (secondary N) is 1. The molecule has 0 aliphatic rings. The van der Waals surface area contributed by atoms with Gasteiger partial charge in [0.1, 0.15) is 0 Å². The van der Waals surface area contributed by atoms with Crippen LogP contribution in [0.2, 0.25) is 0 Å². The monoisotopic (exact) mass is 400 g/mol. The maximum absolute atomic E-state index is 4.63. The number of rotatable bonds is 5. The van der Waals surface area contributed by atoms with E-state index in [9.17, 15) is 0 Å². The zero-order valence-corrected chi connectivity index (χ0v) is 15.6. The van der Waals surface area contributed by atoms with Gasteiger partial charge in [-0.05, 0) is 25.1 Å². The summed E-state index contributed by atoms with van der Waals surface area (Å²) in [4.78, 5) is 8.59. The van der Waals surface area contributed by atoms with Crippen LogP contribution in [0.4, 0.5) is 0 Å². The molecule has 2 heterocycles. The number of aromatic amines is 1. The van der Waals surface area contributed by atoms with E-state index in [2.05, 4.69) is 49.0 Å². The molecule has 2 aromatic heterocycles. The summed E-state index contributed by atoms with van der Waals surface area (Å²) in [5, 5.41) is 6.70. The van der Waals surface area contributed by atoms with E-state index in [0.29, 0.717) is 6.54 Å². The summed E-state index contributed by atoms with van der Waals surface area (Å²) >= 11 is 5.19. The zero-order chi connectivity index (χ0) is 16.9. The van der Waals surface area contributed by atoms with E-state index < -0.39 is 0 Å². The van der Waals surface area contributed by atoms with Gasteiger partial charge in [0.05, 0.1) is 24.1 Å². The predicted octanol–water partition coefficient (Wildman–Crippen LogP) is 4.67. The highest BCUT2D eigenvalue weighted by molar-refractivity contribution is 9.10. The van der Waals surface area contributed by atoms with Gasteiger partial charge in [-0.3, -0.25) is 4.99 Å². The average Bonchev–Trinajstić information content (AvgIpc) is 3.21. The molecule has 0 spiro atoms. The molecule has 1 N–H and O–H groups in total. The number of benzene rings is 1. The maximum atomic E-state index is 4.63. The van der Waals surface area contributed by atoms with Crippen LogP contribution in [0.3, 0.4) is 0 Å². The van der Waals surface area contributed by atoms with Gasteiger partial charge in [0.25, 0.3) is 0 Å². The number of halogens is 1. The fraction of sp³-hybridized carbons (Fsp3) is 0.111. The van der Waals surface area contributed by atoms with E-state index in [0.717, 1.165) is 31.8 Å². The first-order valence-electron chi connectivity index (χ1n) is 7.43. The quantitative estimate of drug-likeness (QED) is 0.477. The molecule has 0 bridgehead atoms. The molecule has 122 valence electrons.